The van der Waals surface area contributed by atoms with Crippen molar-refractivity contribution < 1.29 is 23.8 Å². The summed E-state index contributed by atoms with van der Waals surface area (Å²) < 4.78 is 18.7. The molecule has 2 aromatic rings. The van der Waals surface area contributed by atoms with Gasteiger partial charge in [0.05, 0.1) is 24.8 Å². The van der Waals surface area contributed by atoms with Crippen LogP contribution in [0.25, 0.3) is 5.76 Å². The molecular formula is C24H25FN2O4. The highest BCUT2D eigenvalue weighted by Gasteiger charge is 2.46. The number of aliphatic hydroxyl groups is 1. The monoisotopic (exact) mass is 424 g/mol. The molecule has 1 atom stereocenters. The number of aliphatic hydroxyl groups excluding tert-OH is 1. The van der Waals surface area contributed by atoms with Crippen molar-refractivity contribution in [1.29, 1.82) is 0 Å². The zero-order chi connectivity index (χ0) is 22.0. The molecule has 6 nitrogen and oxygen atoms in total. The summed E-state index contributed by atoms with van der Waals surface area (Å²) in [5, 5.41) is 11.0. The van der Waals surface area contributed by atoms with E-state index in [-0.39, 0.29) is 11.3 Å². The van der Waals surface area contributed by atoms with Crippen molar-refractivity contribution in [2.24, 2.45) is 0 Å². The molecule has 2 fully saturated rings. The quantitative estimate of drug-likeness (QED) is 0.454. The van der Waals surface area contributed by atoms with Crippen LogP contribution in [0.2, 0.25) is 0 Å². The summed E-state index contributed by atoms with van der Waals surface area (Å²) in [6.45, 7) is 5.75. The molecule has 2 aliphatic rings. The molecule has 7 heteroatoms. The molecule has 0 aliphatic carbocycles. The van der Waals surface area contributed by atoms with Crippen LogP contribution in [0.3, 0.4) is 0 Å². The highest BCUT2D eigenvalue weighted by Crippen LogP contribution is 2.39. The lowest BCUT2D eigenvalue weighted by Crippen LogP contribution is -2.42. The number of hydrogen-bond acceptors (Lipinski definition) is 5. The minimum atomic E-state index is -0.727. The van der Waals surface area contributed by atoms with Crippen LogP contribution < -0.4 is 0 Å². The van der Waals surface area contributed by atoms with Gasteiger partial charge in [0.1, 0.15) is 11.6 Å². The van der Waals surface area contributed by atoms with Crippen molar-refractivity contribution in [2.75, 3.05) is 39.4 Å². The molecule has 31 heavy (non-hydrogen) atoms. The summed E-state index contributed by atoms with van der Waals surface area (Å²) in [6, 6.07) is 12.1. The van der Waals surface area contributed by atoms with Gasteiger partial charge in [0, 0.05) is 31.7 Å². The molecule has 2 saturated heterocycles. The Labute approximate surface area is 180 Å². The van der Waals surface area contributed by atoms with Crippen LogP contribution in [0.5, 0.6) is 0 Å². The van der Waals surface area contributed by atoms with E-state index in [1.807, 2.05) is 31.2 Å². The van der Waals surface area contributed by atoms with E-state index in [4.69, 9.17) is 4.74 Å². The second-order valence-electron chi connectivity index (χ2n) is 7.86. The van der Waals surface area contributed by atoms with Gasteiger partial charge in [-0.2, -0.15) is 0 Å². The van der Waals surface area contributed by atoms with Gasteiger partial charge in [0.15, 0.2) is 0 Å². The lowest BCUT2D eigenvalue weighted by Gasteiger charge is -2.31. The third kappa shape index (κ3) is 4.38. The lowest BCUT2D eigenvalue weighted by molar-refractivity contribution is -0.140. The van der Waals surface area contributed by atoms with E-state index in [2.05, 4.69) is 4.90 Å². The molecule has 162 valence electrons. The van der Waals surface area contributed by atoms with E-state index in [1.54, 1.807) is 0 Å². The Morgan fingerprint density at radius 3 is 2.32 bits per heavy atom. The molecule has 0 radical (unpaired) electrons. The summed E-state index contributed by atoms with van der Waals surface area (Å²) in [5.74, 6) is -2.10. The van der Waals surface area contributed by atoms with Crippen LogP contribution in [-0.4, -0.2) is 66.0 Å². The van der Waals surface area contributed by atoms with Crippen LogP contribution in [0.4, 0.5) is 4.39 Å². The van der Waals surface area contributed by atoms with Gasteiger partial charge in [-0.25, -0.2) is 4.39 Å². The van der Waals surface area contributed by atoms with Crippen LogP contribution >= 0.6 is 0 Å². The molecule has 4 rings (SSSR count). The van der Waals surface area contributed by atoms with E-state index >= 15 is 0 Å². The number of morpholine rings is 1. The van der Waals surface area contributed by atoms with E-state index in [0.29, 0.717) is 31.9 Å². The van der Waals surface area contributed by atoms with Crippen LogP contribution in [0, 0.1) is 12.7 Å². The largest absolute Gasteiger partial charge is 0.507 e. The molecule has 0 spiro atoms. The zero-order valence-corrected chi connectivity index (χ0v) is 17.4. The number of ether oxygens (including phenoxy) is 1. The van der Waals surface area contributed by atoms with E-state index in [0.717, 1.165) is 24.2 Å². The minimum absolute atomic E-state index is 0.0300. The van der Waals surface area contributed by atoms with Crippen molar-refractivity contribution in [3.63, 3.8) is 0 Å². The number of likely N-dealkylation sites (tertiary alicyclic amines) is 1. The fraction of sp³-hybridized carbons (Fsp3) is 0.333. The molecule has 1 N–H and O–H groups in total. The van der Waals surface area contributed by atoms with Crippen molar-refractivity contribution in [3.05, 3.63) is 76.6 Å². The molecule has 0 bridgehead atoms. The maximum absolute atomic E-state index is 13.3. The smallest absolute Gasteiger partial charge is 0.295 e. The summed E-state index contributed by atoms with van der Waals surface area (Å²) in [7, 11) is 0. The maximum Gasteiger partial charge on any atom is 0.295 e. The maximum atomic E-state index is 13.3. The fourth-order valence-corrected chi connectivity index (χ4v) is 4.04. The molecule has 2 aliphatic heterocycles. The Morgan fingerprint density at radius 2 is 1.68 bits per heavy atom. The van der Waals surface area contributed by atoms with E-state index < -0.39 is 23.5 Å². The SMILES string of the molecule is Cc1ccc(C2/C(=C(/O)c3ccc(F)cc3)C(=O)C(=O)N2CCN2CCOCC2)cc1. The van der Waals surface area contributed by atoms with Gasteiger partial charge in [0.25, 0.3) is 11.7 Å². The fourth-order valence-electron chi connectivity index (χ4n) is 4.04. The Morgan fingerprint density at radius 1 is 1.03 bits per heavy atom. The first kappa shape index (κ1) is 21.2. The third-order valence-electron chi connectivity index (χ3n) is 5.81. The Hall–Kier alpha value is -3.03. The summed E-state index contributed by atoms with van der Waals surface area (Å²) >= 11 is 0. The number of amides is 1. The number of carbonyl (C=O) groups is 2. The Bertz CT molecular complexity index is 995. The van der Waals surface area contributed by atoms with Gasteiger partial charge in [-0.3, -0.25) is 14.5 Å². The normalized spacial score (nSPS) is 21.6. The van der Waals surface area contributed by atoms with Crippen molar-refractivity contribution >= 4 is 17.4 Å². The van der Waals surface area contributed by atoms with Crippen molar-refractivity contribution in [3.8, 4) is 0 Å². The van der Waals surface area contributed by atoms with E-state index in [1.165, 1.54) is 29.2 Å². The number of ketones is 1. The van der Waals surface area contributed by atoms with Crippen LogP contribution in [-0.2, 0) is 14.3 Å². The van der Waals surface area contributed by atoms with Crippen LogP contribution in [0.1, 0.15) is 22.7 Å². The first-order chi connectivity index (χ1) is 15.0. The molecule has 0 aromatic heterocycles. The van der Waals surface area contributed by atoms with Gasteiger partial charge in [-0.1, -0.05) is 29.8 Å². The van der Waals surface area contributed by atoms with Gasteiger partial charge >= 0.3 is 0 Å². The second-order valence-corrected chi connectivity index (χ2v) is 7.86. The number of benzene rings is 2. The predicted molar refractivity (Wildman–Crippen MR) is 114 cm³/mol. The van der Waals surface area contributed by atoms with Crippen LogP contribution in [0.15, 0.2) is 54.1 Å². The van der Waals surface area contributed by atoms with Gasteiger partial charge in [-0.15, -0.1) is 0 Å². The number of aryl methyl sites for hydroxylation is 1. The number of hydrogen-bond donors (Lipinski definition) is 1. The van der Waals surface area contributed by atoms with Crippen molar-refractivity contribution in [2.45, 2.75) is 13.0 Å². The van der Waals surface area contributed by atoms with Crippen molar-refractivity contribution in [1.82, 2.24) is 9.80 Å². The predicted octanol–water partition coefficient (Wildman–Crippen LogP) is 2.89. The topological polar surface area (TPSA) is 70.1 Å². The molecule has 2 heterocycles. The number of rotatable bonds is 5. The first-order valence-electron chi connectivity index (χ1n) is 10.4. The summed E-state index contributed by atoms with van der Waals surface area (Å²) in [5.41, 5.74) is 2.12. The zero-order valence-electron chi connectivity index (χ0n) is 17.4. The Kier molecular flexibility index (Phi) is 6.15. The Balaban J connectivity index is 1.72. The average molecular weight is 424 g/mol. The molecule has 0 saturated carbocycles. The number of carbonyl (C=O) groups excluding carboxylic acids is 2. The highest BCUT2D eigenvalue weighted by atomic mass is 19.1. The molecule has 2 aromatic carbocycles. The molecule has 1 amide bonds. The molecule has 1 unspecified atom stereocenters. The highest BCUT2D eigenvalue weighted by molar-refractivity contribution is 6.46. The number of Topliss-reactive ketones (excluding diaryl/α,β-unsaturated/α-hetero) is 1. The standard InChI is InChI=1S/C24H25FN2O4/c1-16-2-4-17(5-3-16)21-20(22(28)18-6-8-19(25)9-7-18)23(29)24(30)27(21)11-10-26-12-14-31-15-13-26/h2-9,21,28H,10-15H2,1H3/b22-20-. The first-order valence-corrected chi connectivity index (χ1v) is 10.4. The summed E-state index contributed by atoms with van der Waals surface area (Å²) in [4.78, 5) is 29.7. The minimum Gasteiger partial charge on any atom is -0.507 e. The summed E-state index contributed by atoms with van der Waals surface area (Å²) in [6.07, 6.45) is 0. The van der Waals surface area contributed by atoms with Gasteiger partial charge in [-0.05, 0) is 36.8 Å². The number of nitrogens with zero attached hydrogens (tertiary/aromatic N) is 2. The number of halogens is 1. The van der Waals surface area contributed by atoms with Gasteiger partial charge in [0.2, 0.25) is 0 Å². The van der Waals surface area contributed by atoms with E-state index in [9.17, 15) is 19.1 Å². The second kappa shape index (κ2) is 8.99. The lowest BCUT2D eigenvalue weighted by atomic mass is 9.94. The van der Waals surface area contributed by atoms with Gasteiger partial charge < -0.3 is 14.7 Å². The third-order valence-corrected chi connectivity index (χ3v) is 5.81. The molecular weight excluding hydrogens is 399 g/mol. The average Bonchev–Trinajstić information content (AvgIpc) is 3.04.